The van der Waals surface area contributed by atoms with Crippen molar-refractivity contribution in [1.29, 1.82) is 0 Å². The van der Waals surface area contributed by atoms with Gasteiger partial charge in [-0.15, -0.1) is 0 Å². The quantitative estimate of drug-likeness (QED) is 0.924. The van der Waals surface area contributed by atoms with E-state index in [1.807, 2.05) is 13.0 Å². The molecule has 1 aromatic heterocycles. The van der Waals surface area contributed by atoms with Crippen LogP contribution in [0.1, 0.15) is 11.3 Å². The molecule has 5 heteroatoms. The molecule has 94 valence electrons. The van der Waals surface area contributed by atoms with E-state index in [-0.39, 0.29) is 0 Å². The number of hydrogen-bond acceptors (Lipinski definition) is 3. The molecule has 0 spiro atoms. The molecule has 1 heterocycles. The molecule has 0 bridgehead atoms. The SMILES string of the molecule is Cc1cc(NS(=O)(=O)c2ccccc2C)ccn1. The second kappa shape index (κ2) is 4.78. The number of benzene rings is 1. The Balaban J connectivity index is 2.37. The van der Waals surface area contributed by atoms with Crippen LogP contribution >= 0.6 is 0 Å². The van der Waals surface area contributed by atoms with Gasteiger partial charge in [0.25, 0.3) is 10.0 Å². The summed E-state index contributed by atoms with van der Waals surface area (Å²) in [6, 6.07) is 10.2. The number of nitrogens with zero attached hydrogens (tertiary/aromatic N) is 1. The number of nitrogens with one attached hydrogen (secondary N) is 1. The Bertz CT molecular complexity index is 666. The molecule has 18 heavy (non-hydrogen) atoms. The van der Waals surface area contributed by atoms with E-state index < -0.39 is 10.0 Å². The number of rotatable bonds is 3. The third-order valence-corrected chi connectivity index (χ3v) is 4.07. The van der Waals surface area contributed by atoms with Gasteiger partial charge in [-0.25, -0.2) is 8.42 Å². The van der Waals surface area contributed by atoms with E-state index in [9.17, 15) is 8.42 Å². The summed E-state index contributed by atoms with van der Waals surface area (Å²) in [5.74, 6) is 0. The maximum Gasteiger partial charge on any atom is 0.262 e. The molecule has 1 aromatic carbocycles. The van der Waals surface area contributed by atoms with Crippen LogP contribution in [0.15, 0.2) is 47.5 Å². The topological polar surface area (TPSA) is 59.1 Å². The van der Waals surface area contributed by atoms with E-state index in [1.165, 1.54) is 0 Å². The maximum atomic E-state index is 12.2. The molecule has 0 atom stereocenters. The van der Waals surface area contributed by atoms with Crippen LogP contribution in [0.3, 0.4) is 0 Å². The van der Waals surface area contributed by atoms with Crippen molar-refractivity contribution in [3.8, 4) is 0 Å². The second-order valence-corrected chi connectivity index (χ2v) is 5.71. The van der Waals surface area contributed by atoms with Crippen molar-refractivity contribution in [2.75, 3.05) is 4.72 Å². The maximum absolute atomic E-state index is 12.2. The van der Waals surface area contributed by atoms with Crippen LogP contribution in [-0.2, 0) is 10.0 Å². The first-order chi connectivity index (χ1) is 8.49. The highest BCUT2D eigenvalue weighted by atomic mass is 32.2. The molecule has 0 aliphatic rings. The molecule has 2 rings (SSSR count). The van der Waals surface area contributed by atoms with E-state index in [0.29, 0.717) is 10.6 Å². The lowest BCUT2D eigenvalue weighted by molar-refractivity contribution is 0.600. The smallest absolute Gasteiger partial charge is 0.262 e. The fourth-order valence-electron chi connectivity index (χ4n) is 1.68. The average Bonchev–Trinajstić information content (AvgIpc) is 2.28. The molecule has 0 fully saturated rings. The first-order valence-corrected chi connectivity index (χ1v) is 6.98. The minimum Gasteiger partial charge on any atom is -0.280 e. The zero-order valence-corrected chi connectivity index (χ0v) is 11.0. The van der Waals surface area contributed by atoms with Crippen molar-refractivity contribution < 1.29 is 8.42 Å². The van der Waals surface area contributed by atoms with Gasteiger partial charge < -0.3 is 0 Å². The van der Waals surface area contributed by atoms with Crippen molar-refractivity contribution in [2.24, 2.45) is 0 Å². The zero-order chi connectivity index (χ0) is 13.2. The zero-order valence-electron chi connectivity index (χ0n) is 10.2. The van der Waals surface area contributed by atoms with Gasteiger partial charge in [0, 0.05) is 11.9 Å². The van der Waals surface area contributed by atoms with E-state index in [4.69, 9.17) is 0 Å². The van der Waals surface area contributed by atoms with E-state index >= 15 is 0 Å². The normalized spacial score (nSPS) is 11.2. The molecule has 0 aliphatic carbocycles. The number of anilines is 1. The first kappa shape index (κ1) is 12.6. The Morgan fingerprint density at radius 3 is 2.50 bits per heavy atom. The summed E-state index contributed by atoms with van der Waals surface area (Å²) in [5, 5.41) is 0. The van der Waals surface area contributed by atoms with Crippen molar-refractivity contribution in [1.82, 2.24) is 4.98 Å². The number of aryl methyl sites for hydroxylation is 2. The van der Waals surface area contributed by atoms with Crippen LogP contribution in [0.5, 0.6) is 0 Å². The Kier molecular flexibility index (Phi) is 3.34. The lowest BCUT2D eigenvalue weighted by atomic mass is 10.2. The number of aromatic nitrogens is 1. The van der Waals surface area contributed by atoms with Gasteiger partial charge in [-0.3, -0.25) is 9.71 Å². The standard InChI is InChI=1S/C13H14N2O2S/c1-10-5-3-4-6-13(10)18(16,17)15-12-7-8-14-11(2)9-12/h3-9H,1-2H3,(H,14,15). The van der Waals surface area contributed by atoms with E-state index in [1.54, 1.807) is 43.5 Å². The Hall–Kier alpha value is -1.88. The summed E-state index contributed by atoms with van der Waals surface area (Å²) in [6.07, 6.45) is 1.57. The van der Waals surface area contributed by atoms with Crippen LogP contribution in [0.2, 0.25) is 0 Å². The van der Waals surface area contributed by atoms with Gasteiger partial charge in [-0.05, 0) is 37.6 Å². The highest BCUT2D eigenvalue weighted by Crippen LogP contribution is 2.18. The van der Waals surface area contributed by atoms with Crippen LogP contribution < -0.4 is 4.72 Å². The summed E-state index contributed by atoms with van der Waals surface area (Å²) >= 11 is 0. The van der Waals surface area contributed by atoms with Gasteiger partial charge in [-0.2, -0.15) is 0 Å². The summed E-state index contributed by atoms with van der Waals surface area (Å²) in [4.78, 5) is 4.32. The molecular weight excluding hydrogens is 248 g/mol. The fourth-order valence-corrected chi connectivity index (χ4v) is 2.97. The number of hydrogen-bond donors (Lipinski definition) is 1. The summed E-state index contributed by atoms with van der Waals surface area (Å²) in [7, 11) is -3.54. The van der Waals surface area contributed by atoms with E-state index in [2.05, 4.69) is 9.71 Å². The van der Waals surface area contributed by atoms with Crippen molar-refractivity contribution >= 4 is 15.7 Å². The highest BCUT2D eigenvalue weighted by Gasteiger charge is 2.16. The third-order valence-electron chi connectivity index (χ3n) is 2.53. The minimum atomic E-state index is -3.54. The minimum absolute atomic E-state index is 0.291. The monoisotopic (exact) mass is 262 g/mol. The van der Waals surface area contributed by atoms with E-state index in [0.717, 1.165) is 11.3 Å². The average molecular weight is 262 g/mol. The summed E-state index contributed by atoms with van der Waals surface area (Å²) in [5.41, 5.74) is 2.00. The predicted octanol–water partition coefficient (Wildman–Crippen LogP) is 2.50. The molecule has 0 radical (unpaired) electrons. The molecule has 2 aromatic rings. The lowest BCUT2D eigenvalue weighted by Gasteiger charge is -2.10. The van der Waals surface area contributed by atoms with Gasteiger partial charge in [-0.1, -0.05) is 18.2 Å². The third kappa shape index (κ3) is 2.68. The number of sulfonamides is 1. The fraction of sp³-hybridized carbons (Fsp3) is 0.154. The predicted molar refractivity (Wildman–Crippen MR) is 71.0 cm³/mol. The van der Waals surface area contributed by atoms with Crippen molar-refractivity contribution in [3.05, 3.63) is 53.9 Å². The summed E-state index contributed by atoms with van der Waals surface area (Å²) < 4.78 is 27.0. The molecule has 1 N–H and O–H groups in total. The van der Waals surface area contributed by atoms with Gasteiger partial charge in [0.1, 0.15) is 0 Å². The van der Waals surface area contributed by atoms with Gasteiger partial charge in [0.2, 0.25) is 0 Å². The molecule has 0 saturated carbocycles. The molecule has 4 nitrogen and oxygen atoms in total. The van der Waals surface area contributed by atoms with Gasteiger partial charge in [0.05, 0.1) is 10.6 Å². The molecule has 0 unspecified atom stereocenters. The Labute approximate surface area is 107 Å². The van der Waals surface area contributed by atoms with Crippen LogP contribution in [0.25, 0.3) is 0 Å². The van der Waals surface area contributed by atoms with Crippen LogP contribution in [0, 0.1) is 13.8 Å². The first-order valence-electron chi connectivity index (χ1n) is 5.50. The molecule has 0 aliphatic heterocycles. The number of pyridine rings is 1. The second-order valence-electron chi connectivity index (χ2n) is 4.06. The Morgan fingerprint density at radius 1 is 1.11 bits per heavy atom. The largest absolute Gasteiger partial charge is 0.280 e. The van der Waals surface area contributed by atoms with Crippen LogP contribution in [0.4, 0.5) is 5.69 Å². The molecule has 0 amide bonds. The van der Waals surface area contributed by atoms with Crippen molar-refractivity contribution in [2.45, 2.75) is 18.7 Å². The molecular formula is C13H14N2O2S. The van der Waals surface area contributed by atoms with Gasteiger partial charge in [0.15, 0.2) is 0 Å². The summed E-state index contributed by atoms with van der Waals surface area (Å²) in [6.45, 7) is 3.58. The van der Waals surface area contributed by atoms with Crippen molar-refractivity contribution in [3.63, 3.8) is 0 Å². The van der Waals surface area contributed by atoms with Crippen LogP contribution in [-0.4, -0.2) is 13.4 Å². The highest BCUT2D eigenvalue weighted by molar-refractivity contribution is 7.92. The Morgan fingerprint density at radius 2 is 1.83 bits per heavy atom. The van der Waals surface area contributed by atoms with Gasteiger partial charge >= 0.3 is 0 Å². The lowest BCUT2D eigenvalue weighted by Crippen LogP contribution is -2.14. The molecule has 0 saturated heterocycles.